The lowest BCUT2D eigenvalue weighted by atomic mass is 10.4. The highest BCUT2D eigenvalue weighted by Crippen LogP contribution is 2.15. The van der Waals surface area contributed by atoms with Gasteiger partial charge in [-0.3, -0.25) is 10.1 Å². The summed E-state index contributed by atoms with van der Waals surface area (Å²) in [5.41, 5.74) is 1.76. The summed E-state index contributed by atoms with van der Waals surface area (Å²) in [7, 11) is 0. The molecule has 0 aromatic carbocycles. The molecule has 0 aliphatic heterocycles. The van der Waals surface area contributed by atoms with Gasteiger partial charge in [0.1, 0.15) is 0 Å². The van der Waals surface area contributed by atoms with E-state index in [0.717, 1.165) is 11.4 Å². The first kappa shape index (κ1) is 10.3. The molecule has 0 fully saturated rings. The first-order chi connectivity index (χ1) is 7.58. The lowest BCUT2D eigenvalue weighted by molar-refractivity contribution is -0.384. The lowest BCUT2D eigenvalue weighted by Crippen LogP contribution is -2.02. The van der Waals surface area contributed by atoms with Crippen LogP contribution in [0.5, 0.6) is 0 Å². The Morgan fingerprint density at radius 1 is 1.38 bits per heavy atom. The van der Waals surface area contributed by atoms with Crippen LogP contribution in [-0.2, 0) is 0 Å². The number of hydrogen-bond donors (Lipinski definition) is 0. The van der Waals surface area contributed by atoms with Crippen LogP contribution in [-0.4, -0.2) is 19.7 Å². The zero-order valence-corrected chi connectivity index (χ0v) is 8.91. The molecule has 0 saturated carbocycles. The molecule has 0 radical (unpaired) electrons. The molecular formula is C10H10N4O2. The SMILES string of the molecule is Cc1cc(C)n(-c2cc([N+](=O)[O-])ccn2)n1. The van der Waals surface area contributed by atoms with E-state index in [4.69, 9.17) is 0 Å². The molecule has 0 spiro atoms. The Morgan fingerprint density at radius 2 is 2.12 bits per heavy atom. The minimum atomic E-state index is -0.448. The number of nitrogens with zero attached hydrogens (tertiary/aromatic N) is 4. The summed E-state index contributed by atoms with van der Waals surface area (Å²) in [5, 5.41) is 14.8. The molecule has 2 rings (SSSR count). The first-order valence-electron chi connectivity index (χ1n) is 4.72. The van der Waals surface area contributed by atoms with Crippen molar-refractivity contribution < 1.29 is 4.92 Å². The van der Waals surface area contributed by atoms with Crippen LogP contribution in [0.15, 0.2) is 24.4 Å². The fourth-order valence-corrected chi connectivity index (χ4v) is 1.50. The van der Waals surface area contributed by atoms with Gasteiger partial charge in [-0.2, -0.15) is 5.10 Å². The molecular weight excluding hydrogens is 208 g/mol. The zero-order chi connectivity index (χ0) is 11.7. The van der Waals surface area contributed by atoms with Crippen molar-refractivity contribution in [2.24, 2.45) is 0 Å². The van der Waals surface area contributed by atoms with Crippen LogP contribution in [0, 0.1) is 24.0 Å². The predicted molar refractivity (Wildman–Crippen MR) is 57.5 cm³/mol. The number of pyridine rings is 1. The van der Waals surface area contributed by atoms with Crippen LogP contribution in [0.4, 0.5) is 5.69 Å². The van der Waals surface area contributed by atoms with Gasteiger partial charge in [-0.05, 0) is 19.9 Å². The van der Waals surface area contributed by atoms with Gasteiger partial charge in [0.2, 0.25) is 0 Å². The zero-order valence-electron chi connectivity index (χ0n) is 8.91. The van der Waals surface area contributed by atoms with Gasteiger partial charge in [0, 0.05) is 18.0 Å². The summed E-state index contributed by atoms with van der Waals surface area (Å²) in [6.45, 7) is 3.74. The monoisotopic (exact) mass is 218 g/mol. The van der Waals surface area contributed by atoms with Gasteiger partial charge in [-0.1, -0.05) is 0 Å². The fraction of sp³-hybridized carbons (Fsp3) is 0.200. The van der Waals surface area contributed by atoms with Gasteiger partial charge in [0.15, 0.2) is 5.82 Å². The number of aryl methyl sites for hydroxylation is 2. The summed E-state index contributed by atoms with van der Waals surface area (Å²) in [6.07, 6.45) is 1.41. The van der Waals surface area contributed by atoms with Gasteiger partial charge in [-0.25, -0.2) is 9.67 Å². The van der Waals surface area contributed by atoms with Gasteiger partial charge in [0.25, 0.3) is 5.69 Å². The molecule has 16 heavy (non-hydrogen) atoms. The normalized spacial score (nSPS) is 10.4. The highest BCUT2D eigenvalue weighted by Gasteiger charge is 2.10. The molecule has 6 heteroatoms. The van der Waals surface area contributed by atoms with E-state index < -0.39 is 4.92 Å². The molecule has 0 bridgehead atoms. The highest BCUT2D eigenvalue weighted by atomic mass is 16.6. The van der Waals surface area contributed by atoms with E-state index in [9.17, 15) is 10.1 Å². The van der Waals surface area contributed by atoms with Crippen molar-refractivity contribution >= 4 is 5.69 Å². The van der Waals surface area contributed by atoms with Crippen molar-refractivity contribution in [3.8, 4) is 5.82 Å². The average molecular weight is 218 g/mol. The summed E-state index contributed by atoms with van der Waals surface area (Å²) >= 11 is 0. The smallest absolute Gasteiger partial charge is 0.258 e. The lowest BCUT2D eigenvalue weighted by Gasteiger charge is -2.02. The minimum Gasteiger partial charge on any atom is -0.258 e. The van der Waals surface area contributed by atoms with Crippen LogP contribution in [0.1, 0.15) is 11.4 Å². The summed E-state index contributed by atoms with van der Waals surface area (Å²) in [4.78, 5) is 14.2. The van der Waals surface area contributed by atoms with Gasteiger partial charge in [0.05, 0.1) is 16.7 Å². The van der Waals surface area contributed by atoms with E-state index in [0.29, 0.717) is 5.82 Å². The van der Waals surface area contributed by atoms with Crippen LogP contribution in [0.2, 0.25) is 0 Å². The molecule has 2 heterocycles. The predicted octanol–water partition coefficient (Wildman–Crippen LogP) is 1.79. The third kappa shape index (κ3) is 1.77. The number of hydrogen-bond acceptors (Lipinski definition) is 4. The van der Waals surface area contributed by atoms with Crippen molar-refractivity contribution in [1.29, 1.82) is 0 Å². The average Bonchev–Trinajstić information content (AvgIpc) is 2.58. The summed E-state index contributed by atoms with van der Waals surface area (Å²) < 4.78 is 1.59. The summed E-state index contributed by atoms with van der Waals surface area (Å²) in [6, 6.07) is 4.65. The molecule has 6 nitrogen and oxygen atoms in total. The quantitative estimate of drug-likeness (QED) is 0.569. The topological polar surface area (TPSA) is 73.8 Å². The number of rotatable bonds is 2. The van der Waals surface area contributed by atoms with Gasteiger partial charge in [-0.15, -0.1) is 0 Å². The maximum absolute atomic E-state index is 10.6. The molecule has 0 unspecified atom stereocenters. The second kappa shape index (κ2) is 3.73. The van der Waals surface area contributed by atoms with E-state index in [2.05, 4.69) is 10.1 Å². The second-order valence-electron chi connectivity index (χ2n) is 3.47. The Labute approximate surface area is 91.7 Å². The Hall–Kier alpha value is -2.24. The van der Waals surface area contributed by atoms with Crippen molar-refractivity contribution in [2.75, 3.05) is 0 Å². The Bertz CT molecular complexity index is 548. The maximum atomic E-state index is 10.6. The van der Waals surface area contributed by atoms with E-state index in [-0.39, 0.29) is 5.69 Å². The number of aromatic nitrogens is 3. The molecule has 0 amide bonds. The van der Waals surface area contributed by atoms with Crippen molar-refractivity contribution in [3.63, 3.8) is 0 Å². The Kier molecular flexibility index (Phi) is 2.40. The van der Waals surface area contributed by atoms with E-state index in [1.165, 1.54) is 18.3 Å². The molecule has 82 valence electrons. The van der Waals surface area contributed by atoms with E-state index in [1.54, 1.807) is 4.68 Å². The molecule has 0 saturated heterocycles. The number of nitro groups is 1. The standard InChI is InChI=1S/C10H10N4O2/c1-7-5-8(2)13(12-7)10-6-9(14(15)16)3-4-11-10/h3-6H,1-2H3. The van der Waals surface area contributed by atoms with Gasteiger partial charge >= 0.3 is 0 Å². The highest BCUT2D eigenvalue weighted by molar-refractivity contribution is 5.37. The Morgan fingerprint density at radius 3 is 2.69 bits per heavy atom. The second-order valence-corrected chi connectivity index (χ2v) is 3.47. The third-order valence-corrected chi connectivity index (χ3v) is 2.17. The maximum Gasteiger partial charge on any atom is 0.274 e. The van der Waals surface area contributed by atoms with Gasteiger partial charge < -0.3 is 0 Å². The van der Waals surface area contributed by atoms with Crippen molar-refractivity contribution in [1.82, 2.24) is 14.8 Å². The molecule has 0 N–H and O–H groups in total. The van der Waals surface area contributed by atoms with E-state index >= 15 is 0 Å². The molecule has 0 atom stereocenters. The van der Waals surface area contributed by atoms with Crippen molar-refractivity contribution in [3.05, 3.63) is 45.9 Å². The molecule has 2 aromatic rings. The van der Waals surface area contributed by atoms with E-state index in [1.807, 2.05) is 19.9 Å². The minimum absolute atomic E-state index is 0.0116. The summed E-state index contributed by atoms with van der Waals surface area (Å²) in [5.74, 6) is 0.458. The Balaban J connectivity index is 2.52. The molecule has 2 aromatic heterocycles. The molecule has 0 aliphatic rings. The largest absolute Gasteiger partial charge is 0.274 e. The van der Waals surface area contributed by atoms with Crippen LogP contribution < -0.4 is 0 Å². The van der Waals surface area contributed by atoms with Crippen LogP contribution >= 0.6 is 0 Å². The van der Waals surface area contributed by atoms with Crippen LogP contribution in [0.25, 0.3) is 5.82 Å². The third-order valence-electron chi connectivity index (χ3n) is 2.17. The van der Waals surface area contributed by atoms with Crippen LogP contribution in [0.3, 0.4) is 0 Å². The molecule has 0 aliphatic carbocycles. The fourth-order valence-electron chi connectivity index (χ4n) is 1.50. The first-order valence-corrected chi connectivity index (χ1v) is 4.72. The van der Waals surface area contributed by atoms with Crippen molar-refractivity contribution in [2.45, 2.75) is 13.8 Å².